The van der Waals surface area contributed by atoms with Gasteiger partial charge in [-0.05, 0) is 35.7 Å². The molecule has 0 unspecified atom stereocenters. The molecule has 0 saturated heterocycles. The normalized spacial score (nSPS) is 11.9. The van der Waals surface area contributed by atoms with Crippen molar-refractivity contribution in [3.63, 3.8) is 0 Å². The standard InChI is InChI=1S/C19H9BrO3/c20-10-5-7-14-16(9-10)22-15-8-6-13-17(19(15)23-14)11-3-1-2-4-12(11)18(13)21/h1-9H. The van der Waals surface area contributed by atoms with Crippen LogP contribution in [0.2, 0.25) is 0 Å². The predicted octanol–water partition coefficient (Wildman–Crippen LogP) is 5.61. The molecule has 5 aromatic rings. The first kappa shape index (κ1) is 12.9. The molecule has 0 bridgehead atoms. The van der Waals surface area contributed by atoms with Crippen LogP contribution in [0.1, 0.15) is 0 Å². The Morgan fingerprint density at radius 1 is 0.739 bits per heavy atom. The second-order valence-electron chi connectivity index (χ2n) is 5.49. The molecule has 0 fully saturated rings. The van der Waals surface area contributed by atoms with Gasteiger partial charge in [0.05, 0.1) is 0 Å². The van der Waals surface area contributed by atoms with Crippen LogP contribution < -0.4 is 5.43 Å². The van der Waals surface area contributed by atoms with Crippen LogP contribution in [-0.2, 0) is 0 Å². The highest BCUT2D eigenvalue weighted by molar-refractivity contribution is 9.10. The summed E-state index contributed by atoms with van der Waals surface area (Å²) in [5.41, 5.74) is 2.56. The van der Waals surface area contributed by atoms with E-state index < -0.39 is 0 Å². The second-order valence-corrected chi connectivity index (χ2v) is 6.40. The van der Waals surface area contributed by atoms with Crippen molar-refractivity contribution in [2.24, 2.45) is 0 Å². The molecule has 23 heavy (non-hydrogen) atoms. The molecule has 0 N–H and O–H groups in total. The maximum absolute atomic E-state index is 12.6. The molecule has 4 aromatic carbocycles. The van der Waals surface area contributed by atoms with Gasteiger partial charge < -0.3 is 8.83 Å². The van der Waals surface area contributed by atoms with Crippen molar-refractivity contribution in [3.8, 4) is 0 Å². The molecule has 0 saturated carbocycles. The Morgan fingerprint density at radius 2 is 1.52 bits per heavy atom. The molecular formula is C19H9BrO3. The summed E-state index contributed by atoms with van der Waals surface area (Å²) in [6.45, 7) is 0. The van der Waals surface area contributed by atoms with E-state index in [1.54, 1.807) is 6.07 Å². The van der Waals surface area contributed by atoms with E-state index in [1.165, 1.54) is 0 Å². The van der Waals surface area contributed by atoms with Gasteiger partial charge in [0.15, 0.2) is 27.8 Å². The third-order valence-corrected chi connectivity index (χ3v) is 4.64. The van der Waals surface area contributed by atoms with E-state index in [4.69, 9.17) is 8.83 Å². The van der Waals surface area contributed by atoms with E-state index in [0.29, 0.717) is 33.1 Å². The van der Waals surface area contributed by atoms with Gasteiger partial charge in [0, 0.05) is 20.6 Å². The fraction of sp³-hybridized carbons (Fsp3) is 0. The predicted molar refractivity (Wildman–Crippen MR) is 95.0 cm³/mol. The Hall–Kier alpha value is -2.59. The van der Waals surface area contributed by atoms with Crippen molar-refractivity contribution < 1.29 is 8.83 Å². The van der Waals surface area contributed by atoms with Gasteiger partial charge in [-0.15, -0.1) is 0 Å². The minimum absolute atomic E-state index is 0.0311. The summed E-state index contributed by atoms with van der Waals surface area (Å²) in [5, 5.41) is 3.08. The number of halogens is 1. The summed E-state index contributed by atoms with van der Waals surface area (Å²) in [5.74, 6) is 0. The van der Waals surface area contributed by atoms with Gasteiger partial charge in [-0.2, -0.15) is 0 Å². The topological polar surface area (TPSA) is 43.4 Å². The minimum atomic E-state index is 0.0311. The van der Waals surface area contributed by atoms with Crippen LogP contribution in [0.3, 0.4) is 0 Å². The fourth-order valence-electron chi connectivity index (χ4n) is 3.12. The summed E-state index contributed by atoms with van der Waals surface area (Å²) in [7, 11) is 0. The molecule has 0 spiro atoms. The molecule has 0 atom stereocenters. The van der Waals surface area contributed by atoms with Crippen molar-refractivity contribution in [2.75, 3.05) is 0 Å². The van der Waals surface area contributed by atoms with Crippen LogP contribution in [0, 0.1) is 0 Å². The quantitative estimate of drug-likeness (QED) is 0.335. The van der Waals surface area contributed by atoms with Crippen LogP contribution in [-0.4, -0.2) is 0 Å². The average Bonchev–Trinajstić information content (AvgIpc) is 2.86. The molecule has 3 nitrogen and oxygen atoms in total. The molecule has 1 heterocycles. The zero-order chi connectivity index (χ0) is 15.6. The summed E-state index contributed by atoms with van der Waals surface area (Å²) < 4.78 is 13.0. The lowest BCUT2D eigenvalue weighted by Gasteiger charge is -2.03. The first-order valence-corrected chi connectivity index (χ1v) is 7.98. The van der Waals surface area contributed by atoms with Crippen LogP contribution in [0.15, 0.2) is 72.7 Å². The summed E-state index contributed by atoms with van der Waals surface area (Å²) in [6, 6.07) is 16.8. The molecule has 5 rings (SSSR count). The molecule has 0 aliphatic carbocycles. The van der Waals surface area contributed by atoms with Crippen LogP contribution in [0.5, 0.6) is 0 Å². The Bertz CT molecular complexity index is 1290. The van der Waals surface area contributed by atoms with Gasteiger partial charge in [0.25, 0.3) is 0 Å². The highest BCUT2D eigenvalue weighted by Gasteiger charge is 2.15. The zero-order valence-electron chi connectivity index (χ0n) is 11.8. The summed E-state index contributed by atoms with van der Waals surface area (Å²) in [4.78, 5) is 12.6. The first-order chi connectivity index (χ1) is 11.2. The molecule has 0 aliphatic rings. The van der Waals surface area contributed by atoms with Gasteiger partial charge in [-0.25, -0.2) is 0 Å². The average molecular weight is 365 g/mol. The maximum atomic E-state index is 12.6. The summed E-state index contributed by atoms with van der Waals surface area (Å²) >= 11 is 3.43. The number of rotatable bonds is 0. The largest absolute Gasteiger partial charge is 0.449 e. The van der Waals surface area contributed by atoms with Crippen LogP contribution in [0.25, 0.3) is 43.9 Å². The molecular weight excluding hydrogens is 356 g/mol. The van der Waals surface area contributed by atoms with E-state index in [1.807, 2.05) is 48.5 Å². The monoisotopic (exact) mass is 364 g/mol. The highest BCUT2D eigenvalue weighted by atomic mass is 79.9. The van der Waals surface area contributed by atoms with Gasteiger partial charge in [-0.1, -0.05) is 40.2 Å². The third-order valence-electron chi connectivity index (χ3n) is 4.14. The smallest absolute Gasteiger partial charge is 0.194 e. The summed E-state index contributed by atoms with van der Waals surface area (Å²) in [6.07, 6.45) is 0. The Labute approximate surface area is 138 Å². The lowest BCUT2D eigenvalue weighted by molar-refractivity contribution is 0.584. The van der Waals surface area contributed by atoms with Gasteiger partial charge in [0.1, 0.15) is 0 Å². The number of hydrogen-bond donors (Lipinski definition) is 0. The van der Waals surface area contributed by atoms with Gasteiger partial charge in [-0.3, -0.25) is 4.79 Å². The molecule has 1 aromatic heterocycles. The van der Waals surface area contributed by atoms with Gasteiger partial charge in [0.2, 0.25) is 0 Å². The van der Waals surface area contributed by atoms with E-state index in [9.17, 15) is 4.79 Å². The number of fused-ring (bicyclic) bond motifs is 6. The zero-order valence-corrected chi connectivity index (χ0v) is 13.4. The minimum Gasteiger partial charge on any atom is -0.449 e. The number of benzene rings is 3. The van der Waals surface area contributed by atoms with Crippen LogP contribution >= 0.6 is 15.9 Å². The molecule has 4 heteroatoms. The van der Waals surface area contributed by atoms with Crippen LogP contribution in [0.4, 0.5) is 0 Å². The molecule has 0 aliphatic heterocycles. The first-order valence-electron chi connectivity index (χ1n) is 7.19. The van der Waals surface area contributed by atoms with Gasteiger partial charge >= 0.3 is 0 Å². The lowest BCUT2D eigenvalue weighted by atomic mass is 10.1. The Kier molecular flexibility index (Phi) is 2.50. The number of hydrogen-bond acceptors (Lipinski definition) is 3. The molecule has 0 radical (unpaired) electrons. The fourth-order valence-corrected chi connectivity index (χ4v) is 3.46. The Balaban J connectivity index is 2.08. The SMILES string of the molecule is O=c1c2ccccc2c2c1ccc1oc3cc(Br)ccc3oc12. The lowest BCUT2D eigenvalue weighted by Crippen LogP contribution is -1.92. The second kappa shape index (κ2) is 4.46. The van der Waals surface area contributed by atoms with Crippen molar-refractivity contribution in [1.29, 1.82) is 0 Å². The highest BCUT2D eigenvalue weighted by Crippen LogP contribution is 2.34. The van der Waals surface area contributed by atoms with E-state index in [-0.39, 0.29) is 5.43 Å². The van der Waals surface area contributed by atoms with Crippen molar-refractivity contribution in [2.45, 2.75) is 0 Å². The molecule has 0 amide bonds. The van der Waals surface area contributed by atoms with Crippen molar-refractivity contribution in [1.82, 2.24) is 0 Å². The van der Waals surface area contributed by atoms with Crippen molar-refractivity contribution in [3.05, 3.63) is 69.3 Å². The third kappa shape index (κ3) is 1.72. The molecule has 110 valence electrons. The Morgan fingerprint density at radius 3 is 2.39 bits per heavy atom. The maximum Gasteiger partial charge on any atom is 0.194 e. The van der Waals surface area contributed by atoms with E-state index >= 15 is 0 Å². The van der Waals surface area contributed by atoms with Crippen molar-refractivity contribution >= 4 is 59.8 Å². The van der Waals surface area contributed by atoms with E-state index in [2.05, 4.69) is 15.9 Å². The van der Waals surface area contributed by atoms with E-state index in [0.717, 1.165) is 15.2 Å².